The van der Waals surface area contributed by atoms with Gasteiger partial charge in [0.25, 0.3) is 0 Å². The fourth-order valence-electron chi connectivity index (χ4n) is 3.70. The summed E-state index contributed by atoms with van der Waals surface area (Å²) in [6, 6.07) is 0.123. The highest BCUT2D eigenvalue weighted by atomic mass is 14.6. The van der Waals surface area contributed by atoms with E-state index in [9.17, 15) is 0 Å². The molecule has 126 valence electrons. The van der Waals surface area contributed by atoms with Crippen LogP contribution in [-0.4, -0.2) is 6.04 Å². The summed E-state index contributed by atoms with van der Waals surface area (Å²) in [5.41, 5.74) is 12.5. The Labute approximate surface area is 138 Å². The molecule has 0 aromatic rings. The molecule has 1 aliphatic carbocycles. The van der Waals surface area contributed by atoms with Crippen LogP contribution < -0.4 is 5.73 Å². The molecule has 0 aliphatic heterocycles. The minimum Gasteiger partial charge on any atom is -0.324 e. The van der Waals surface area contributed by atoms with E-state index in [2.05, 4.69) is 60.6 Å². The summed E-state index contributed by atoms with van der Waals surface area (Å²) in [5, 5.41) is 0. The maximum Gasteiger partial charge on any atom is 0.0265 e. The molecule has 2 atom stereocenters. The van der Waals surface area contributed by atoms with Gasteiger partial charge in [-0.3, -0.25) is 0 Å². The summed E-state index contributed by atoms with van der Waals surface area (Å²) >= 11 is 0. The van der Waals surface area contributed by atoms with Crippen LogP contribution in [0.5, 0.6) is 0 Å². The molecule has 0 bridgehead atoms. The Hall–Kier alpha value is -0.820. The lowest BCUT2D eigenvalue weighted by molar-refractivity contribution is 0.401. The Morgan fingerprint density at radius 1 is 1.18 bits per heavy atom. The van der Waals surface area contributed by atoms with Crippen LogP contribution in [0, 0.1) is 11.3 Å². The third-order valence-electron chi connectivity index (χ3n) is 5.26. The minimum atomic E-state index is 0.123. The Bertz CT molecular complexity index is 460. The van der Waals surface area contributed by atoms with Crippen molar-refractivity contribution in [2.45, 2.75) is 86.6 Å². The lowest BCUT2D eigenvalue weighted by Gasteiger charge is -2.31. The van der Waals surface area contributed by atoms with Gasteiger partial charge in [0.1, 0.15) is 0 Å². The summed E-state index contributed by atoms with van der Waals surface area (Å²) < 4.78 is 0. The van der Waals surface area contributed by atoms with Crippen LogP contribution in [0.4, 0.5) is 0 Å². The van der Waals surface area contributed by atoms with Crippen LogP contribution in [0.1, 0.15) is 80.6 Å². The molecule has 0 saturated heterocycles. The molecular weight excluding hydrogens is 266 g/mol. The molecule has 0 radical (unpaired) electrons. The average Bonchev–Trinajstić information content (AvgIpc) is 2.66. The first-order valence-corrected chi connectivity index (χ1v) is 9.18. The number of allylic oxidation sites excluding steroid dienone is 4. The van der Waals surface area contributed by atoms with Crippen molar-refractivity contribution < 1.29 is 0 Å². The summed E-state index contributed by atoms with van der Waals surface area (Å²) in [7, 11) is 0. The van der Waals surface area contributed by atoms with Crippen molar-refractivity contribution in [3.8, 4) is 0 Å². The maximum atomic E-state index is 6.24. The van der Waals surface area contributed by atoms with Gasteiger partial charge in [-0.2, -0.15) is 0 Å². The first-order chi connectivity index (χ1) is 10.3. The SMILES string of the molecule is CCCC(C)(C)C1=C(C(C)CC)CC=C(C(C)N)C(CC)=C1. The highest BCUT2D eigenvalue weighted by molar-refractivity contribution is 5.47. The highest BCUT2D eigenvalue weighted by Gasteiger charge is 2.28. The van der Waals surface area contributed by atoms with E-state index in [1.54, 1.807) is 11.1 Å². The smallest absolute Gasteiger partial charge is 0.0265 e. The number of nitrogens with two attached hydrogens (primary N) is 1. The number of rotatable bonds is 7. The molecule has 1 nitrogen and oxygen atoms in total. The van der Waals surface area contributed by atoms with Gasteiger partial charge in [-0.1, -0.05) is 65.7 Å². The molecule has 0 saturated carbocycles. The van der Waals surface area contributed by atoms with Crippen LogP contribution in [0.15, 0.2) is 34.4 Å². The molecule has 22 heavy (non-hydrogen) atoms. The van der Waals surface area contributed by atoms with E-state index in [0.717, 1.165) is 12.8 Å². The first-order valence-electron chi connectivity index (χ1n) is 9.18. The second kappa shape index (κ2) is 8.15. The molecule has 0 aromatic carbocycles. The van der Waals surface area contributed by atoms with Gasteiger partial charge >= 0.3 is 0 Å². The lowest BCUT2D eigenvalue weighted by Crippen LogP contribution is -2.20. The van der Waals surface area contributed by atoms with Crippen molar-refractivity contribution in [2.75, 3.05) is 0 Å². The molecule has 0 aromatic heterocycles. The third kappa shape index (κ3) is 4.35. The fraction of sp³-hybridized carbons (Fsp3) is 0.714. The van der Waals surface area contributed by atoms with Crippen LogP contribution in [0.3, 0.4) is 0 Å². The van der Waals surface area contributed by atoms with Gasteiger partial charge in [0, 0.05) is 6.04 Å². The first kappa shape index (κ1) is 19.2. The Morgan fingerprint density at radius 2 is 1.82 bits per heavy atom. The second-order valence-corrected chi connectivity index (χ2v) is 7.56. The molecule has 0 heterocycles. The summed E-state index contributed by atoms with van der Waals surface area (Å²) in [6.07, 6.45) is 10.7. The maximum absolute atomic E-state index is 6.24. The summed E-state index contributed by atoms with van der Waals surface area (Å²) in [6.45, 7) is 16.2. The molecule has 2 N–H and O–H groups in total. The molecule has 2 unspecified atom stereocenters. The van der Waals surface area contributed by atoms with Crippen LogP contribution >= 0.6 is 0 Å². The number of hydrogen-bond donors (Lipinski definition) is 1. The summed E-state index contributed by atoms with van der Waals surface area (Å²) in [5.74, 6) is 0.643. The summed E-state index contributed by atoms with van der Waals surface area (Å²) in [4.78, 5) is 0. The molecule has 1 heteroatoms. The van der Waals surface area contributed by atoms with Crippen molar-refractivity contribution in [3.05, 3.63) is 34.4 Å². The Morgan fingerprint density at radius 3 is 2.27 bits per heavy atom. The van der Waals surface area contributed by atoms with E-state index in [4.69, 9.17) is 5.73 Å². The normalized spacial score (nSPS) is 19.5. The largest absolute Gasteiger partial charge is 0.324 e. The average molecular weight is 304 g/mol. The van der Waals surface area contributed by atoms with Gasteiger partial charge in [0.05, 0.1) is 0 Å². The lowest BCUT2D eigenvalue weighted by atomic mass is 9.74. The Kier molecular flexibility index (Phi) is 7.12. The standard InChI is InChI=1S/C21H37N/c1-8-13-21(6,7)20-14-17(10-3)19(16(5)22)12-11-18(20)15(4)9-2/h12,14-16H,8-11,13,22H2,1-7H3. The van der Waals surface area contributed by atoms with Crippen LogP contribution in [-0.2, 0) is 0 Å². The molecule has 0 spiro atoms. The van der Waals surface area contributed by atoms with Gasteiger partial charge in [-0.05, 0) is 60.7 Å². The predicted molar refractivity (Wildman–Crippen MR) is 99.9 cm³/mol. The van der Waals surface area contributed by atoms with E-state index in [-0.39, 0.29) is 11.5 Å². The molecule has 1 rings (SSSR count). The van der Waals surface area contributed by atoms with E-state index in [1.807, 2.05) is 0 Å². The monoisotopic (exact) mass is 303 g/mol. The van der Waals surface area contributed by atoms with E-state index >= 15 is 0 Å². The van der Waals surface area contributed by atoms with Crippen molar-refractivity contribution in [3.63, 3.8) is 0 Å². The molecule has 0 fully saturated rings. The van der Waals surface area contributed by atoms with Gasteiger partial charge in [-0.25, -0.2) is 0 Å². The molecule has 1 aliphatic rings. The zero-order valence-corrected chi connectivity index (χ0v) is 15.9. The van der Waals surface area contributed by atoms with E-state index in [0.29, 0.717) is 5.92 Å². The molecular formula is C21H37N. The van der Waals surface area contributed by atoms with E-state index in [1.165, 1.54) is 30.4 Å². The van der Waals surface area contributed by atoms with Gasteiger partial charge < -0.3 is 5.73 Å². The Balaban J connectivity index is 3.45. The van der Waals surface area contributed by atoms with E-state index < -0.39 is 0 Å². The quantitative estimate of drug-likeness (QED) is 0.598. The minimum absolute atomic E-state index is 0.123. The highest BCUT2D eigenvalue weighted by Crippen LogP contribution is 2.42. The van der Waals surface area contributed by atoms with Crippen molar-refractivity contribution >= 4 is 0 Å². The molecule has 0 amide bonds. The zero-order chi connectivity index (χ0) is 16.9. The fourth-order valence-corrected chi connectivity index (χ4v) is 3.70. The van der Waals surface area contributed by atoms with Crippen LogP contribution in [0.2, 0.25) is 0 Å². The second-order valence-electron chi connectivity index (χ2n) is 7.56. The van der Waals surface area contributed by atoms with Crippen molar-refractivity contribution in [2.24, 2.45) is 17.1 Å². The van der Waals surface area contributed by atoms with Gasteiger partial charge in [0.15, 0.2) is 0 Å². The van der Waals surface area contributed by atoms with Gasteiger partial charge in [-0.15, -0.1) is 0 Å². The van der Waals surface area contributed by atoms with Crippen LogP contribution in [0.25, 0.3) is 0 Å². The van der Waals surface area contributed by atoms with Crippen molar-refractivity contribution in [1.29, 1.82) is 0 Å². The number of hydrogen-bond acceptors (Lipinski definition) is 1. The zero-order valence-electron chi connectivity index (χ0n) is 15.9. The topological polar surface area (TPSA) is 26.0 Å². The van der Waals surface area contributed by atoms with Crippen molar-refractivity contribution in [1.82, 2.24) is 0 Å². The van der Waals surface area contributed by atoms with Gasteiger partial charge in [0.2, 0.25) is 0 Å². The predicted octanol–water partition coefficient (Wildman–Crippen LogP) is 6.17. The third-order valence-corrected chi connectivity index (χ3v) is 5.26.